The Hall–Kier alpha value is -3.14. The fourth-order valence-electron chi connectivity index (χ4n) is 3.27. The molecule has 10 heteroatoms. The zero-order valence-corrected chi connectivity index (χ0v) is 17.4. The third-order valence-electron chi connectivity index (χ3n) is 4.91. The molecule has 2 aromatic heterocycles. The van der Waals surface area contributed by atoms with Gasteiger partial charge in [-0.3, -0.25) is 19.3 Å². The molecule has 10 nitrogen and oxygen atoms in total. The Morgan fingerprint density at radius 1 is 1.20 bits per heavy atom. The van der Waals surface area contributed by atoms with Gasteiger partial charge in [-0.25, -0.2) is 0 Å². The maximum absolute atomic E-state index is 13.0. The number of carbonyl (C=O) groups excluding carboxylic acids is 3. The van der Waals surface area contributed by atoms with Crippen LogP contribution in [0.5, 0.6) is 0 Å². The second-order valence-corrected chi connectivity index (χ2v) is 7.64. The Labute approximate surface area is 174 Å². The quantitative estimate of drug-likeness (QED) is 0.692. The summed E-state index contributed by atoms with van der Waals surface area (Å²) in [6, 6.07) is 4.19. The average Bonchev–Trinajstić information content (AvgIpc) is 3.38. The lowest BCUT2D eigenvalue weighted by Gasteiger charge is -2.36. The molecule has 1 saturated heterocycles. The first-order valence-electron chi connectivity index (χ1n) is 9.92. The van der Waals surface area contributed by atoms with Crippen LogP contribution in [0, 0.1) is 12.8 Å². The van der Waals surface area contributed by atoms with Crippen molar-refractivity contribution in [2.24, 2.45) is 5.92 Å². The zero-order valence-electron chi connectivity index (χ0n) is 17.4. The van der Waals surface area contributed by atoms with Gasteiger partial charge in [-0.05, 0) is 25.0 Å². The molecule has 0 radical (unpaired) electrons. The topological polar surface area (TPSA) is 121 Å². The molecule has 162 valence electrons. The number of hydrogen-bond donors (Lipinski definition) is 2. The molecule has 0 saturated carbocycles. The summed E-state index contributed by atoms with van der Waals surface area (Å²) < 4.78 is 10.0. The number of carbonyl (C=O) groups is 3. The highest BCUT2D eigenvalue weighted by molar-refractivity contribution is 5.95. The third-order valence-corrected chi connectivity index (χ3v) is 4.91. The number of anilines is 1. The van der Waals surface area contributed by atoms with Crippen LogP contribution in [0.1, 0.15) is 30.2 Å². The van der Waals surface area contributed by atoms with Gasteiger partial charge in [-0.2, -0.15) is 0 Å². The summed E-state index contributed by atoms with van der Waals surface area (Å²) in [5.41, 5.74) is 0. The molecule has 0 spiro atoms. The minimum Gasteiger partial charge on any atom is -0.459 e. The predicted octanol–water partition coefficient (Wildman–Crippen LogP) is 1.11. The molecular formula is C20H27N5O5. The third kappa shape index (κ3) is 5.47. The van der Waals surface area contributed by atoms with Gasteiger partial charge in [-0.15, -0.1) is 0 Å². The fraction of sp³-hybridized carbons (Fsp3) is 0.500. The van der Waals surface area contributed by atoms with Gasteiger partial charge in [0.1, 0.15) is 11.8 Å². The van der Waals surface area contributed by atoms with E-state index in [9.17, 15) is 14.4 Å². The number of nitrogens with one attached hydrogen (secondary N) is 2. The maximum Gasteiger partial charge on any atom is 0.287 e. The number of nitrogens with zero attached hydrogens (tertiary/aromatic N) is 3. The van der Waals surface area contributed by atoms with Crippen LogP contribution in [0.4, 0.5) is 5.82 Å². The Bertz CT molecular complexity index is 868. The van der Waals surface area contributed by atoms with Crippen molar-refractivity contribution in [3.05, 3.63) is 36.0 Å². The van der Waals surface area contributed by atoms with Crippen LogP contribution in [0.15, 0.2) is 33.4 Å². The molecule has 3 amide bonds. The number of aryl methyl sites for hydroxylation is 1. The Morgan fingerprint density at radius 3 is 2.50 bits per heavy atom. The first-order valence-corrected chi connectivity index (χ1v) is 9.92. The van der Waals surface area contributed by atoms with Gasteiger partial charge in [0.25, 0.3) is 5.91 Å². The fourth-order valence-corrected chi connectivity index (χ4v) is 3.27. The molecule has 0 bridgehead atoms. The van der Waals surface area contributed by atoms with Crippen molar-refractivity contribution >= 4 is 23.5 Å². The van der Waals surface area contributed by atoms with E-state index in [0.717, 1.165) is 0 Å². The van der Waals surface area contributed by atoms with Crippen molar-refractivity contribution in [3.63, 3.8) is 0 Å². The first-order chi connectivity index (χ1) is 14.3. The molecule has 30 heavy (non-hydrogen) atoms. The second kappa shape index (κ2) is 9.57. The van der Waals surface area contributed by atoms with Crippen molar-refractivity contribution in [1.82, 2.24) is 20.3 Å². The molecule has 1 atom stereocenters. The first kappa shape index (κ1) is 21.6. The van der Waals surface area contributed by atoms with E-state index in [2.05, 4.69) is 15.8 Å². The summed E-state index contributed by atoms with van der Waals surface area (Å²) in [5, 5.41) is 9.20. The van der Waals surface area contributed by atoms with Gasteiger partial charge >= 0.3 is 0 Å². The van der Waals surface area contributed by atoms with Gasteiger partial charge in [-0.1, -0.05) is 19.0 Å². The maximum atomic E-state index is 13.0. The number of amides is 3. The van der Waals surface area contributed by atoms with Crippen LogP contribution in [-0.4, -0.2) is 71.4 Å². The minimum absolute atomic E-state index is 0.0777. The van der Waals surface area contributed by atoms with Crippen molar-refractivity contribution in [2.75, 3.05) is 38.0 Å². The number of aromatic nitrogens is 1. The minimum atomic E-state index is -0.646. The summed E-state index contributed by atoms with van der Waals surface area (Å²) in [6.07, 6.45) is 1.42. The molecule has 1 aliphatic heterocycles. The lowest BCUT2D eigenvalue weighted by molar-refractivity contribution is -0.136. The van der Waals surface area contributed by atoms with Crippen LogP contribution in [0.25, 0.3) is 0 Å². The van der Waals surface area contributed by atoms with Crippen molar-refractivity contribution in [2.45, 2.75) is 26.8 Å². The van der Waals surface area contributed by atoms with E-state index in [1.165, 1.54) is 6.26 Å². The van der Waals surface area contributed by atoms with Crippen molar-refractivity contribution < 1.29 is 23.3 Å². The molecule has 0 aromatic carbocycles. The van der Waals surface area contributed by atoms with E-state index in [0.29, 0.717) is 37.8 Å². The van der Waals surface area contributed by atoms with E-state index in [1.807, 2.05) is 18.7 Å². The molecule has 1 fully saturated rings. The number of furan rings is 1. The summed E-state index contributed by atoms with van der Waals surface area (Å²) >= 11 is 0. The van der Waals surface area contributed by atoms with Gasteiger partial charge in [0, 0.05) is 32.2 Å². The number of rotatable bonds is 7. The highest BCUT2D eigenvalue weighted by Gasteiger charge is 2.31. The Kier molecular flexibility index (Phi) is 6.88. The van der Waals surface area contributed by atoms with Gasteiger partial charge in [0.05, 0.1) is 12.8 Å². The van der Waals surface area contributed by atoms with Crippen molar-refractivity contribution in [1.29, 1.82) is 0 Å². The lowest BCUT2D eigenvalue weighted by atomic mass is 10.0. The van der Waals surface area contributed by atoms with Crippen LogP contribution in [0.2, 0.25) is 0 Å². The zero-order chi connectivity index (χ0) is 21.7. The largest absolute Gasteiger partial charge is 0.459 e. The average molecular weight is 417 g/mol. The van der Waals surface area contributed by atoms with E-state index >= 15 is 0 Å². The SMILES string of the molecule is Cc1cc(NC(=O)CN2CCN(C(=O)[C@@H](NC(=O)c3ccco3)C(C)C)CC2)no1. The monoisotopic (exact) mass is 417 g/mol. The number of piperazine rings is 1. The molecular weight excluding hydrogens is 390 g/mol. The van der Waals surface area contributed by atoms with Gasteiger partial charge in [0.15, 0.2) is 11.6 Å². The normalized spacial score (nSPS) is 15.8. The van der Waals surface area contributed by atoms with E-state index in [1.54, 1.807) is 30.0 Å². The summed E-state index contributed by atoms with van der Waals surface area (Å²) in [7, 11) is 0. The van der Waals surface area contributed by atoms with Crippen LogP contribution in [-0.2, 0) is 9.59 Å². The smallest absolute Gasteiger partial charge is 0.287 e. The second-order valence-electron chi connectivity index (χ2n) is 7.64. The van der Waals surface area contributed by atoms with E-state index < -0.39 is 11.9 Å². The molecule has 0 aliphatic carbocycles. The van der Waals surface area contributed by atoms with Gasteiger partial charge < -0.3 is 24.5 Å². The Morgan fingerprint density at radius 2 is 1.93 bits per heavy atom. The van der Waals surface area contributed by atoms with Crippen LogP contribution < -0.4 is 10.6 Å². The molecule has 1 aliphatic rings. The van der Waals surface area contributed by atoms with Crippen molar-refractivity contribution in [3.8, 4) is 0 Å². The van der Waals surface area contributed by atoms with Crippen LogP contribution >= 0.6 is 0 Å². The summed E-state index contributed by atoms with van der Waals surface area (Å²) in [6.45, 7) is 7.82. The van der Waals surface area contributed by atoms with E-state index in [4.69, 9.17) is 8.94 Å². The molecule has 0 unspecified atom stereocenters. The highest BCUT2D eigenvalue weighted by atomic mass is 16.5. The predicted molar refractivity (Wildman–Crippen MR) is 108 cm³/mol. The van der Waals surface area contributed by atoms with Crippen LogP contribution in [0.3, 0.4) is 0 Å². The number of hydrogen-bond acceptors (Lipinski definition) is 7. The standard InChI is InChI=1S/C20H27N5O5/c1-13(2)18(22-19(27)15-5-4-10-29-15)20(28)25-8-6-24(7-9-25)12-17(26)21-16-11-14(3)30-23-16/h4-5,10-11,13,18H,6-9,12H2,1-3H3,(H,22,27)(H,21,23,26)/t18-/m0/s1. The van der Waals surface area contributed by atoms with E-state index in [-0.39, 0.29) is 30.0 Å². The lowest BCUT2D eigenvalue weighted by Crippen LogP contribution is -2.57. The van der Waals surface area contributed by atoms with Gasteiger partial charge in [0.2, 0.25) is 11.8 Å². The Balaban J connectivity index is 1.49. The molecule has 3 rings (SSSR count). The molecule has 2 aromatic rings. The summed E-state index contributed by atoms with van der Waals surface area (Å²) in [5.74, 6) is 0.374. The molecule has 3 heterocycles. The highest BCUT2D eigenvalue weighted by Crippen LogP contribution is 2.12. The summed E-state index contributed by atoms with van der Waals surface area (Å²) in [4.78, 5) is 41.1. The molecule has 2 N–H and O–H groups in total.